The van der Waals surface area contributed by atoms with Crippen molar-refractivity contribution in [1.82, 2.24) is 0 Å². The third-order valence-corrected chi connectivity index (χ3v) is 6.09. The van der Waals surface area contributed by atoms with Crippen molar-refractivity contribution in [1.29, 1.82) is 0 Å². The molecule has 2 rings (SSSR count). The minimum atomic E-state index is -0.950. The van der Waals surface area contributed by atoms with E-state index in [1.165, 1.54) is 24.8 Å². The van der Waals surface area contributed by atoms with Crippen LogP contribution >= 0.6 is 0 Å². The van der Waals surface area contributed by atoms with Crippen LogP contribution in [0.5, 0.6) is 0 Å². The molecule has 0 aromatic rings. The number of aliphatic hydroxyl groups excluding tert-OH is 2. The molecule has 5 atom stereocenters. The molecule has 0 spiro atoms. The first-order chi connectivity index (χ1) is 12.9. The van der Waals surface area contributed by atoms with Gasteiger partial charge in [-0.3, -0.25) is 0 Å². The molecule has 0 heterocycles. The first-order valence-electron chi connectivity index (χ1n) is 10.5. The van der Waals surface area contributed by atoms with Gasteiger partial charge in [0.25, 0.3) is 0 Å². The van der Waals surface area contributed by atoms with Crippen LogP contribution in [-0.4, -0.2) is 40.6 Å². The summed E-state index contributed by atoms with van der Waals surface area (Å²) in [5.41, 5.74) is 1.26. The van der Waals surface area contributed by atoms with Crippen molar-refractivity contribution < 1.29 is 24.9 Å². The molecule has 1 saturated carbocycles. The predicted molar refractivity (Wildman–Crippen MR) is 106 cm³/mol. The number of carbonyl (C=O) groups is 1. The quantitative estimate of drug-likeness (QED) is 0.264. The van der Waals surface area contributed by atoms with Crippen LogP contribution in [0.3, 0.4) is 0 Å². The number of hydrogen-bond donors (Lipinski definition) is 3. The van der Waals surface area contributed by atoms with Crippen molar-refractivity contribution in [2.75, 3.05) is 13.2 Å². The Bertz CT molecular complexity index is 539. The van der Waals surface area contributed by atoms with Gasteiger partial charge in [0.05, 0.1) is 18.5 Å². The van der Waals surface area contributed by atoms with Crippen molar-refractivity contribution in [2.45, 2.75) is 71.3 Å². The molecule has 2 aliphatic carbocycles. The Morgan fingerprint density at radius 1 is 1.37 bits per heavy atom. The van der Waals surface area contributed by atoms with E-state index in [-0.39, 0.29) is 18.4 Å². The number of rotatable bonds is 12. The maximum Gasteiger partial charge on any atom is 0.329 e. The van der Waals surface area contributed by atoms with Gasteiger partial charge in [0.15, 0.2) is 0 Å². The maximum atomic E-state index is 10.6. The van der Waals surface area contributed by atoms with E-state index in [9.17, 15) is 15.0 Å². The molecule has 27 heavy (non-hydrogen) atoms. The largest absolute Gasteiger partial charge is 0.512 e. The lowest BCUT2D eigenvalue weighted by atomic mass is 9.87. The normalized spacial score (nSPS) is 28.9. The van der Waals surface area contributed by atoms with Crippen LogP contribution in [0.2, 0.25) is 0 Å². The SMILES string of the molecule is CCCCC(C)CCC=C(O)[C@H]1[C@@H]2CC(CCOCC(=O)O)=C[C@@H]2C[C@@H]1O. The number of hydrogen-bond acceptors (Lipinski definition) is 4. The van der Waals surface area contributed by atoms with Gasteiger partial charge < -0.3 is 20.1 Å². The third kappa shape index (κ3) is 6.65. The monoisotopic (exact) mass is 380 g/mol. The number of allylic oxidation sites excluding steroid dienone is 2. The van der Waals surface area contributed by atoms with Gasteiger partial charge in [-0.15, -0.1) is 0 Å². The molecule has 5 nitrogen and oxygen atoms in total. The van der Waals surface area contributed by atoms with Gasteiger partial charge in [-0.1, -0.05) is 44.8 Å². The van der Waals surface area contributed by atoms with Crippen LogP contribution < -0.4 is 0 Å². The highest BCUT2D eigenvalue weighted by molar-refractivity contribution is 5.67. The number of fused-ring (bicyclic) bond motifs is 1. The Kier molecular flexibility index (Phi) is 8.84. The van der Waals surface area contributed by atoms with Crippen molar-refractivity contribution in [2.24, 2.45) is 23.7 Å². The number of ether oxygens (including phenoxy) is 1. The number of aliphatic carboxylic acids is 1. The zero-order valence-corrected chi connectivity index (χ0v) is 16.8. The van der Waals surface area contributed by atoms with E-state index in [0.29, 0.717) is 30.6 Å². The van der Waals surface area contributed by atoms with Crippen LogP contribution in [-0.2, 0) is 9.53 Å². The molecular weight excluding hydrogens is 344 g/mol. The van der Waals surface area contributed by atoms with E-state index in [0.717, 1.165) is 25.7 Å². The second kappa shape index (κ2) is 10.9. The molecule has 1 fully saturated rings. The fourth-order valence-corrected chi connectivity index (χ4v) is 4.61. The molecule has 0 amide bonds. The second-order valence-corrected chi connectivity index (χ2v) is 8.34. The summed E-state index contributed by atoms with van der Waals surface area (Å²) in [5.74, 6) is 0.459. The van der Waals surface area contributed by atoms with Crippen LogP contribution in [0.4, 0.5) is 0 Å². The van der Waals surface area contributed by atoms with Crippen molar-refractivity contribution in [3.8, 4) is 0 Å². The summed E-state index contributed by atoms with van der Waals surface area (Å²) >= 11 is 0. The molecule has 0 bridgehead atoms. The highest BCUT2D eigenvalue weighted by Crippen LogP contribution is 2.49. The zero-order chi connectivity index (χ0) is 19.8. The molecule has 154 valence electrons. The van der Waals surface area contributed by atoms with Gasteiger partial charge in [-0.25, -0.2) is 4.79 Å². The average molecular weight is 381 g/mol. The van der Waals surface area contributed by atoms with Gasteiger partial charge in [0.1, 0.15) is 6.61 Å². The van der Waals surface area contributed by atoms with E-state index in [1.807, 2.05) is 6.08 Å². The van der Waals surface area contributed by atoms with E-state index in [1.54, 1.807) is 0 Å². The number of aliphatic hydroxyl groups is 2. The van der Waals surface area contributed by atoms with Gasteiger partial charge >= 0.3 is 5.97 Å². The summed E-state index contributed by atoms with van der Waals surface area (Å²) in [7, 11) is 0. The molecule has 0 radical (unpaired) electrons. The Morgan fingerprint density at radius 3 is 2.85 bits per heavy atom. The van der Waals surface area contributed by atoms with E-state index in [2.05, 4.69) is 19.9 Å². The minimum absolute atomic E-state index is 0.172. The number of carboxylic acids is 1. The summed E-state index contributed by atoms with van der Waals surface area (Å²) in [5, 5.41) is 29.6. The lowest BCUT2D eigenvalue weighted by Gasteiger charge is -2.21. The Labute approximate surface area is 163 Å². The maximum absolute atomic E-state index is 10.6. The van der Waals surface area contributed by atoms with Gasteiger partial charge in [-0.05, 0) is 55.9 Å². The second-order valence-electron chi connectivity index (χ2n) is 8.34. The topological polar surface area (TPSA) is 87.0 Å². The van der Waals surface area contributed by atoms with E-state index >= 15 is 0 Å². The number of carboxylic acid groups (broad SMARTS) is 1. The van der Waals surface area contributed by atoms with E-state index in [4.69, 9.17) is 9.84 Å². The van der Waals surface area contributed by atoms with Gasteiger partial charge in [0.2, 0.25) is 0 Å². The average Bonchev–Trinajstić information content (AvgIpc) is 3.12. The lowest BCUT2D eigenvalue weighted by molar-refractivity contribution is -0.142. The van der Waals surface area contributed by atoms with Gasteiger partial charge in [0, 0.05) is 5.92 Å². The fourth-order valence-electron chi connectivity index (χ4n) is 4.61. The summed E-state index contributed by atoms with van der Waals surface area (Å²) in [4.78, 5) is 10.5. The predicted octanol–water partition coefficient (Wildman–Crippen LogP) is 4.47. The molecule has 0 saturated heterocycles. The van der Waals surface area contributed by atoms with Crippen molar-refractivity contribution in [3.05, 3.63) is 23.5 Å². The highest BCUT2D eigenvalue weighted by atomic mass is 16.5. The molecule has 0 aliphatic heterocycles. The molecular formula is C22H36O5. The molecule has 1 unspecified atom stereocenters. The molecule has 5 heteroatoms. The van der Waals surface area contributed by atoms with Crippen LogP contribution in [0, 0.1) is 23.7 Å². The molecule has 0 aromatic heterocycles. The van der Waals surface area contributed by atoms with Crippen LogP contribution in [0.15, 0.2) is 23.5 Å². The molecule has 2 aliphatic rings. The standard InChI is InChI=1S/C22H36O5/c1-3-4-6-15(2)7-5-8-19(23)22-18-12-16(9-10-27-14-21(25)26)11-17(18)13-20(22)24/h8,11,15,17-18,20,22-24H,3-7,9-10,12-14H2,1-2H3,(H,25,26)/t15?,17-,18-,20+,22-/m1/s1. The third-order valence-electron chi connectivity index (χ3n) is 6.09. The number of unbranched alkanes of at least 4 members (excludes halogenated alkanes) is 1. The van der Waals surface area contributed by atoms with Crippen LogP contribution in [0.1, 0.15) is 65.2 Å². The van der Waals surface area contributed by atoms with E-state index < -0.39 is 12.1 Å². The summed E-state index contributed by atoms with van der Waals surface area (Å²) in [6, 6.07) is 0. The summed E-state index contributed by atoms with van der Waals surface area (Å²) < 4.78 is 5.13. The fraction of sp³-hybridized carbons (Fsp3) is 0.773. The lowest BCUT2D eigenvalue weighted by Crippen LogP contribution is -2.22. The first-order valence-corrected chi connectivity index (χ1v) is 10.5. The van der Waals surface area contributed by atoms with Crippen LogP contribution in [0.25, 0.3) is 0 Å². The zero-order valence-electron chi connectivity index (χ0n) is 16.8. The van der Waals surface area contributed by atoms with Crippen molar-refractivity contribution >= 4 is 5.97 Å². The highest BCUT2D eigenvalue weighted by Gasteiger charge is 2.46. The Balaban J connectivity index is 1.81. The summed E-state index contributed by atoms with van der Waals surface area (Å²) in [6.07, 6.45) is 11.6. The van der Waals surface area contributed by atoms with Crippen molar-refractivity contribution in [3.63, 3.8) is 0 Å². The minimum Gasteiger partial charge on any atom is -0.512 e. The smallest absolute Gasteiger partial charge is 0.329 e. The summed E-state index contributed by atoms with van der Waals surface area (Å²) in [6.45, 7) is 4.61. The Morgan fingerprint density at radius 2 is 2.15 bits per heavy atom. The van der Waals surface area contributed by atoms with Gasteiger partial charge in [-0.2, -0.15) is 0 Å². The first kappa shape index (κ1) is 22.0. The molecule has 3 N–H and O–H groups in total. The Hall–Kier alpha value is -1.33. The molecule has 0 aromatic carbocycles.